The maximum Gasteiger partial charge on any atom is 0.308 e. The summed E-state index contributed by atoms with van der Waals surface area (Å²) in [6.45, 7) is 7.77. The molecule has 1 atom stereocenters. The lowest BCUT2D eigenvalue weighted by Crippen LogP contribution is -2.24. The van der Waals surface area contributed by atoms with Gasteiger partial charge in [0, 0.05) is 5.25 Å². The van der Waals surface area contributed by atoms with Gasteiger partial charge in [0.15, 0.2) is 0 Å². The number of esters is 1. The van der Waals surface area contributed by atoms with Gasteiger partial charge in [0.25, 0.3) is 0 Å². The average Bonchev–Trinajstić information content (AvgIpc) is 2.20. The van der Waals surface area contributed by atoms with E-state index in [-0.39, 0.29) is 19.0 Å². The standard InChI is InChI=1S/C12H22O3S2/c1-5-10(2)17-16-8-6-7-15-11(13)9-12(3,4)14/h6,8,10,14H,5,7,9H2,1-4H3/b8-6+/t10-/m1/s1. The maximum atomic E-state index is 11.2. The molecular formula is C12H22O3S2. The smallest absolute Gasteiger partial charge is 0.308 e. The molecule has 1 N–H and O–H groups in total. The Morgan fingerprint density at radius 2 is 2.18 bits per heavy atom. The summed E-state index contributed by atoms with van der Waals surface area (Å²) >= 11 is 0. The van der Waals surface area contributed by atoms with Crippen LogP contribution in [0.5, 0.6) is 0 Å². The molecule has 0 heterocycles. The van der Waals surface area contributed by atoms with Crippen LogP contribution in [-0.2, 0) is 9.53 Å². The predicted molar refractivity (Wildman–Crippen MR) is 75.9 cm³/mol. The number of hydrogen-bond acceptors (Lipinski definition) is 5. The van der Waals surface area contributed by atoms with Crippen LogP contribution in [0.2, 0.25) is 0 Å². The van der Waals surface area contributed by atoms with Crippen LogP contribution in [0.3, 0.4) is 0 Å². The SMILES string of the molecule is CC[C@@H](C)SS/C=C/COC(=O)CC(C)(C)O. The lowest BCUT2D eigenvalue weighted by molar-refractivity contribution is -0.146. The highest BCUT2D eigenvalue weighted by atomic mass is 33.1. The molecule has 100 valence electrons. The largest absolute Gasteiger partial charge is 0.461 e. The highest BCUT2D eigenvalue weighted by Crippen LogP contribution is 2.28. The van der Waals surface area contributed by atoms with E-state index in [0.29, 0.717) is 5.25 Å². The third-order valence-corrected chi connectivity index (χ3v) is 4.59. The van der Waals surface area contributed by atoms with Crippen LogP contribution in [0.25, 0.3) is 0 Å². The van der Waals surface area contributed by atoms with E-state index in [1.807, 2.05) is 11.5 Å². The second-order valence-electron chi connectivity index (χ2n) is 4.46. The fourth-order valence-electron chi connectivity index (χ4n) is 0.819. The molecule has 0 rings (SSSR count). The van der Waals surface area contributed by atoms with Gasteiger partial charge in [0.05, 0.1) is 12.0 Å². The topological polar surface area (TPSA) is 46.5 Å². The summed E-state index contributed by atoms with van der Waals surface area (Å²) in [5, 5.41) is 11.9. The van der Waals surface area contributed by atoms with Crippen molar-refractivity contribution in [1.82, 2.24) is 0 Å². The Labute approximate surface area is 112 Å². The molecule has 0 aliphatic carbocycles. The Morgan fingerprint density at radius 1 is 1.53 bits per heavy atom. The highest BCUT2D eigenvalue weighted by molar-refractivity contribution is 8.78. The number of aliphatic hydroxyl groups is 1. The van der Waals surface area contributed by atoms with Crippen molar-refractivity contribution >= 4 is 27.6 Å². The first-order valence-corrected chi connectivity index (χ1v) is 7.98. The molecule has 0 saturated carbocycles. The van der Waals surface area contributed by atoms with Crippen LogP contribution in [-0.4, -0.2) is 28.5 Å². The minimum absolute atomic E-state index is 0.0234. The van der Waals surface area contributed by atoms with Crippen LogP contribution in [0, 0.1) is 0 Å². The van der Waals surface area contributed by atoms with Gasteiger partial charge in [-0.25, -0.2) is 0 Å². The van der Waals surface area contributed by atoms with Gasteiger partial charge in [-0.1, -0.05) is 35.4 Å². The molecule has 0 saturated heterocycles. The van der Waals surface area contributed by atoms with E-state index >= 15 is 0 Å². The van der Waals surface area contributed by atoms with E-state index in [2.05, 4.69) is 13.8 Å². The van der Waals surface area contributed by atoms with E-state index < -0.39 is 5.60 Å². The number of carbonyl (C=O) groups excluding carboxylic acids is 1. The van der Waals surface area contributed by atoms with Crippen molar-refractivity contribution in [2.24, 2.45) is 0 Å². The Morgan fingerprint density at radius 3 is 2.71 bits per heavy atom. The molecule has 0 aliphatic rings. The second kappa shape index (κ2) is 8.89. The zero-order chi connectivity index (χ0) is 13.3. The fourth-order valence-corrected chi connectivity index (χ4v) is 2.77. The summed E-state index contributed by atoms with van der Waals surface area (Å²) < 4.78 is 4.94. The van der Waals surface area contributed by atoms with Crippen molar-refractivity contribution in [3.63, 3.8) is 0 Å². The van der Waals surface area contributed by atoms with Crippen LogP contribution in [0.15, 0.2) is 11.5 Å². The van der Waals surface area contributed by atoms with Crippen molar-refractivity contribution < 1.29 is 14.6 Å². The zero-order valence-corrected chi connectivity index (χ0v) is 12.6. The molecule has 17 heavy (non-hydrogen) atoms. The van der Waals surface area contributed by atoms with Crippen LogP contribution >= 0.6 is 21.6 Å². The third-order valence-electron chi connectivity index (χ3n) is 1.86. The van der Waals surface area contributed by atoms with Crippen molar-refractivity contribution in [3.8, 4) is 0 Å². The van der Waals surface area contributed by atoms with Gasteiger partial charge >= 0.3 is 5.97 Å². The predicted octanol–water partition coefficient (Wildman–Crippen LogP) is 3.38. The Bertz CT molecular complexity index is 247. The van der Waals surface area contributed by atoms with Gasteiger partial charge in [-0.2, -0.15) is 0 Å². The fraction of sp³-hybridized carbons (Fsp3) is 0.750. The average molecular weight is 278 g/mol. The van der Waals surface area contributed by atoms with Gasteiger partial charge in [-0.15, -0.1) is 0 Å². The van der Waals surface area contributed by atoms with E-state index in [1.54, 1.807) is 35.4 Å². The molecule has 0 aromatic rings. The number of rotatable bonds is 8. The van der Waals surface area contributed by atoms with Crippen molar-refractivity contribution in [3.05, 3.63) is 11.5 Å². The summed E-state index contributed by atoms with van der Waals surface area (Å²) in [4.78, 5) is 11.2. The van der Waals surface area contributed by atoms with Gasteiger partial charge < -0.3 is 9.84 Å². The summed E-state index contributed by atoms with van der Waals surface area (Å²) in [6, 6.07) is 0. The lowest BCUT2D eigenvalue weighted by Gasteiger charge is -2.14. The first kappa shape index (κ1) is 16.9. The first-order valence-electron chi connectivity index (χ1n) is 5.70. The summed E-state index contributed by atoms with van der Waals surface area (Å²) in [5.41, 5.74) is -0.998. The first-order chi connectivity index (χ1) is 7.85. The van der Waals surface area contributed by atoms with Gasteiger partial charge in [0.2, 0.25) is 0 Å². The molecule has 0 spiro atoms. The minimum Gasteiger partial charge on any atom is -0.461 e. The number of carbonyl (C=O) groups is 1. The molecule has 0 bridgehead atoms. The monoisotopic (exact) mass is 278 g/mol. The van der Waals surface area contributed by atoms with Crippen molar-refractivity contribution in [1.29, 1.82) is 0 Å². The van der Waals surface area contributed by atoms with Crippen LogP contribution < -0.4 is 0 Å². The van der Waals surface area contributed by atoms with Gasteiger partial charge in [0.1, 0.15) is 6.61 Å². The third kappa shape index (κ3) is 12.1. The van der Waals surface area contributed by atoms with Crippen LogP contribution in [0.1, 0.15) is 40.5 Å². The summed E-state index contributed by atoms with van der Waals surface area (Å²) in [5.74, 6) is -0.373. The number of hydrogen-bond donors (Lipinski definition) is 1. The van der Waals surface area contributed by atoms with Gasteiger partial charge in [-0.3, -0.25) is 4.79 Å². The normalized spacial score (nSPS) is 13.9. The molecule has 3 nitrogen and oxygen atoms in total. The molecular weight excluding hydrogens is 256 g/mol. The van der Waals surface area contributed by atoms with E-state index in [1.165, 1.54) is 0 Å². The molecule has 0 aliphatic heterocycles. The molecule has 0 aromatic carbocycles. The quantitative estimate of drug-likeness (QED) is 0.545. The lowest BCUT2D eigenvalue weighted by atomic mass is 10.1. The van der Waals surface area contributed by atoms with Crippen molar-refractivity contribution in [2.45, 2.75) is 51.4 Å². The summed E-state index contributed by atoms with van der Waals surface area (Å²) in [7, 11) is 3.44. The number of ether oxygens (including phenoxy) is 1. The molecule has 0 amide bonds. The molecule has 5 heteroatoms. The Balaban J connectivity index is 3.56. The molecule has 0 unspecified atom stereocenters. The zero-order valence-electron chi connectivity index (χ0n) is 10.9. The van der Waals surface area contributed by atoms with Crippen LogP contribution in [0.4, 0.5) is 0 Å². The van der Waals surface area contributed by atoms with Crippen molar-refractivity contribution in [2.75, 3.05) is 6.61 Å². The van der Waals surface area contributed by atoms with E-state index in [0.717, 1.165) is 6.42 Å². The minimum atomic E-state index is -0.998. The molecule has 0 aromatic heterocycles. The Kier molecular flexibility index (Phi) is 8.82. The van der Waals surface area contributed by atoms with E-state index in [9.17, 15) is 9.90 Å². The molecule has 0 radical (unpaired) electrons. The van der Waals surface area contributed by atoms with Gasteiger partial charge in [-0.05, 0) is 31.8 Å². The Hall–Kier alpha value is -0.130. The highest BCUT2D eigenvalue weighted by Gasteiger charge is 2.18. The summed E-state index contributed by atoms with van der Waals surface area (Å²) in [6.07, 6.45) is 2.98. The maximum absolute atomic E-state index is 11.2. The molecule has 0 fully saturated rings. The van der Waals surface area contributed by atoms with E-state index in [4.69, 9.17) is 4.74 Å². The second-order valence-corrected chi connectivity index (χ2v) is 7.07.